The van der Waals surface area contributed by atoms with E-state index in [2.05, 4.69) is 19.2 Å². The van der Waals surface area contributed by atoms with Gasteiger partial charge in [-0.05, 0) is 17.5 Å². The lowest BCUT2D eigenvalue weighted by molar-refractivity contribution is 0.0170. The number of methoxy groups -OCH3 is 1. The normalized spacial score (nSPS) is 16.7. The Morgan fingerprint density at radius 3 is 2.22 bits per heavy atom. The maximum absolute atomic E-state index is 13.7. The summed E-state index contributed by atoms with van der Waals surface area (Å²) in [7, 11) is 1.54. The second-order valence-corrected chi connectivity index (χ2v) is 5.72. The molecule has 7 heteroatoms. The number of piperazine rings is 1. The molecule has 1 N–H and O–H groups in total. The van der Waals surface area contributed by atoms with E-state index in [1.54, 1.807) is 0 Å². The van der Waals surface area contributed by atoms with Crippen molar-refractivity contribution in [2.75, 3.05) is 33.3 Å². The molecular formula is C16H26Cl2F2N2O. The average molecular weight is 371 g/mol. The van der Waals surface area contributed by atoms with E-state index < -0.39 is 12.5 Å². The summed E-state index contributed by atoms with van der Waals surface area (Å²) in [5.41, 5.74) is 1.66. The van der Waals surface area contributed by atoms with Crippen molar-refractivity contribution in [1.82, 2.24) is 10.2 Å². The molecular weight excluding hydrogens is 345 g/mol. The van der Waals surface area contributed by atoms with Crippen molar-refractivity contribution < 1.29 is 13.5 Å². The summed E-state index contributed by atoms with van der Waals surface area (Å²) in [6.07, 6.45) is -2.43. The fourth-order valence-electron chi connectivity index (χ4n) is 2.80. The smallest absolute Gasteiger partial charge is 0.258 e. The third-order valence-corrected chi connectivity index (χ3v) is 4.02. The molecule has 134 valence electrons. The molecule has 23 heavy (non-hydrogen) atoms. The van der Waals surface area contributed by atoms with E-state index in [4.69, 9.17) is 4.74 Å². The summed E-state index contributed by atoms with van der Waals surface area (Å²) < 4.78 is 32.7. The zero-order valence-electron chi connectivity index (χ0n) is 13.7. The molecule has 0 radical (unpaired) electrons. The van der Waals surface area contributed by atoms with E-state index in [0.717, 1.165) is 18.7 Å². The fourth-order valence-corrected chi connectivity index (χ4v) is 2.80. The van der Waals surface area contributed by atoms with Crippen LogP contribution in [0.1, 0.15) is 36.9 Å². The Bertz CT molecular complexity index is 469. The molecule has 1 atom stereocenters. The summed E-state index contributed by atoms with van der Waals surface area (Å²) in [5, 5.41) is 3.20. The highest BCUT2D eigenvalue weighted by molar-refractivity contribution is 5.85. The Morgan fingerprint density at radius 2 is 1.74 bits per heavy atom. The van der Waals surface area contributed by atoms with Crippen LogP contribution < -0.4 is 10.1 Å². The van der Waals surface area contributed by atoms with Crippen molar-refractivity contribution in [1.29, 1.82) is 0 Å². The lowest BCUT2D eigenvalue weighted by Crippen LogP contribution is -2.47. The highest BCUT2D eigenvalue weighted by Gasteiger charge is 2.32. The van der Waals surface area contributed by atoms with E-state index in [1.165, 1.54) is 7.11 Å². The zero-order valence-corrected chi connectivity index (χ0v) is 15.4. The molecule has 2 rings (SSSR count). The topological polar surface area (TPSA) is 24.5 Å². The number of ether oxygens (including phenoxy) is 1. The minimum Gasteiger partial charge on any atom is -0.496 e. The van der Waals surface area contributed by atoms with Gasteiger partial charge in [0, 0.05) is 31.7 Å². The summed E-state index contributed by atoms with van der Waals surface area (Å²) >= 11 is 0. The first-order valence-corrected chi connectivity index (χ1v) is 7.45. The van der Waals surface area contributed by atoms with E-state index in [-0.39, 0.29) is 24.8 Å². The first-order valence-electron chi connectivity index (χ1n) is 7.45. The SMILES string of the molecule is COc1ccc(C(C)C)cc1[C@H](C(F)F)N1CCNCC1.Cl.Cl. The predicted octanol–water partition coefficient (Wildman–Crippen LogP) is 3.87. The summed E-state index contributed by atoms with van der Waals surface area (Å²) in [4.78, 5) is 1.85. The molecule has 1 fully saturated rings. The van der Waals surface area contributed by atoms with Crippen LogP contribution in [0.4, 0.5) is 8.78 Å². The van der Waals surface area contributed by atoms with Gasteiger partial charge in [-0.25, -0.2) is 8.78 Å². The van der Waals surface area contributed by atoms with E-state index in [0.29, 0.717) is 30.3 Å². The van der Waals surface area contributed by atoms with Crippen LogP contribution in [0.2, 0.25) is 0 Å². The molecule has 0 unspecified atom stereocenters. The van der Waals surface area contributed by atoms with Crippen LogP contribution in [0.15, 0.2) is 18.2 Å². The van der Waals surface area contributed by atoms with Crippen LogP contribution >= 0.6 is 24.8 Å². The van der Waals surface area contributed by atoms with Crippen LogP contribution in [0, 0.1) is 0 Å². The van der Waals surface area contributed by atoms with Crippen LogP contribution in [0.5, 0.6) is 5.75 Å². The first-order chi connectivity index (χ1) is 10.0. The highest BCUT2D eigenvalue weighted by Crippen LogP contribution is 2.36. The van der Waals surface area contributed by atoms with Gasteiger partial charge in [0.1, 0.15) is 11.8 Å². The van der Waals surface area contributed by atoms with Gasteiger partial charge < -0.3 is 10.1 Å². The summed E-state index contributed by atoms with van der Waals surface area (Å²) in [6.45, 7) is 6.88. The number of hydrogen-bond donors (Lipinski definition) is 1. The third kappa shape index (κ3) is 5.45. The Hall–Kier alpha value is -0.620. The van der Waals surface area contributed by atoms with Crippen LogP contribution in [-0.2, 0) is 0 Å². The number of benzene rings is 1. The largest absolute Gasteiger partial charge is 0.496 e. The number of nitrogens with zero attached hydrogens (tertiary/aromatic N) is 1. The Morgan fingerprint density at radius 1 is 1.13 bits per heavy atom. The van der Waals surface area contributed by atoms with E-state index in [9.17, 15) is 8.78 Å². The average Bonchev–Trinajstić information content (AvgIpc) is 2.48. The molecule has 0 amide bonds. The molecule has 0 aliphatic carbocycles. The molecule has 3 nitrogen and oxygen atoms in total. The maximum atomic E-state index is 13.7. The van der Waals surface area contributed by atoms with Gasteiger partial charge in [0.05, 0.1) is 7.11 Å². The van der Waals surface area contributed by atoms with Gasteiger partial charge in [-0.2, -0.15) is 0 Å². The van der Waals surface area contributed by atoms with Crippen LogP contribution in [0.25, 0.3) is 0 Å². The van der Waals surface area contributed by atoms with Crippen molar-refractivity contribution >= 4 is 24.8 Å². The lowest BCUT2D eigenvalue weighted by Gasteiger charge is -2.35. The number of hydrogen-bond acceptors (Lipinski definition) is 3. The lowest BCUT2D eigenvalue weighted by atomic mass is 9.96. The van der Waals surface area contributed by atoms with Crippen molar-refractivity contribution in [3.05, 3.63) is 29.3 Å². The number of alkyl halides is 2. The van der Waals surface area contributed by atoms with Crippen LogP contribution in [0.3, 0.4) is 0 Å². The number of halogens is 4. The van der Waals surface area contributed by atoms with Gasteiger partial charge in [0.25, 0.3) is 6.43 Å². The van der Waals surface area contributed by atoms with Gasteiger partial charge in [0.15, 0.2) is 0 Å². The van der Waals surface area contributed by atoms with E-state index >= 15 is 0 Å². The summed E-state index contributed by atoms with van der Waals surface area (Å²) in [6, 6.07) is 4.73. The molecule has 1 aliphatic heterocycles. The molecule has 1 aromatic rings. The molecule has 0 spiro atoms. The van der Waals surface area contributed by atoms with E-state index in [1.807, 2.05) is 23.1 Å². The standard InChI is InChI=1S/C16H24F2N2O.2ClH/c1-11(2)12-4-5-14(21-3)13(10-12)15(16(17)18)20-8-6-19-7-9-20;;/h4-5,10-11,15-16,19H,6-9H2,1-3H3;2*1H/t15-;;/m1../s1. The summed E-state index contributed by atoms with van der Waals surface area (Å²) in [5.74, 6) is 0.847. The van der Waals surface area contributed by atoms with Crippen molar-refractivity contribution in [2.45, 2.75) is 32.2 Å². The minimum absolute atomic E-state index is 0. The van der Waals surface area contributed by atoms with Crippen molar-refractivity contribution in [3.63, 3.8) is 0 Å². The molecule has 0 bridgehead atoms. The van der Waals surface area contributed by atoms with Gasteiger partial charge in [0.2, 0.25) is 0 Å². The molecule has 0 saturated carbocycles. The predicted molar refractivity (Wildman–Crippen MR) is 94.8 cm³/mol. The van der Waals surface area contributed by atoms with Gasteiger partial charge in [-0.3, -0.25) is 4.90 Å². The maximum Gasteiger partial charge on any atom is 0.258 e. The molecule has 0 aromatic heterocycles. The molecule has 1 aromatic carbocycles. The third-order valence-electron chi connectivity index (χ3n) is 4.02. The number of rotatable bonds is 5. The van der Waals surface area contributed by atoms with Crippen LogP contribution in [-0.4, -0.2) is 44.6 Å². The zero-order chi connectivity index (χ0) is 15.4. The number of nitrogens with one attached hydrogen (secondary N) is 1. The molecule has 1 saturated heterocycles. The Labute approximate surface area is 149 Å². The second kappa shape index (κ2) is 10.3. The molecule has 1 heterocycles. The fraction of sp³-hybridized carbons (Fsp3) is 0.625. The van der Waals surface area contributed by atoms with Gasteiger partial charge >= 0.3 is 0 Å². The van der Waals surface area contributed by atoms with Gasteiger partial charge in [-0.15, -0.1) is 24.8 Å². The van der Waals surface area contributed by atoms with Crippen molar-refractivity contribution in [3.8, 4) is 5.75 Å². The highest BCUT2D eigenvalue weighted by atomic mass is 35.5. The first kappa shape index (κ1) is 22.4. The van der Waals surface area contributed by atoms with Crippen molar-refractivity contribution in [2.24, 2.45) is 0 Å². The quantitative estimate of drug-likeness (QED) is 0.851. The monoisotopic (exact) mass is 370 g/mol. The molecule has 1 aliphatic rings. The Balaban J connectivity index is 0.00000242. The Kier molecular flexibility index (Phi) is 10.0. The second-order valence-electron chi connectivity index (χ2n) is 5.72. The minimum atomic E-state index is -2.43. The van der Waals surface area contributed by atoms with Gasteiger partial charge in [-0.1, -0.05) is 26.0 Å².